The summed E-state index contributed by atoms with van der Waals surface area (Å²) in [5.41, 5.74) is -0.593. The molecule has 2 nitrogen and oxygen atoms in total. The number of carbonyl (C=O) groups is 1. The highest BCUT2D eigenvalue weighted by Crippen LogP contribution is 2.24. The fraction of sp³-hybridized carbons (Fsp3) is 0.188. The van der Waals surface area contributed by atoms with Gasteiger partial charge in [0.1, 0.15) is 6.61 Å². The van der Waals surface area contributed by atoms with Crippen LogP contribution in [0.25, 0.3) is 0 Å². The molecule has 2 aromatic rings. The van der Waals surface area contributed by atoms with Crippen molar-refractivity contribution in [3.63, 3.8) is 0 Å². The third kappa shape index (κ3) is 3.33. The summed E-state index contributed by atoms with van der Waals surface area (Å²) in [6.07, 6.45) is 0. The number of halogens is 5. The topological polar surface area (TPSA) is 26.3 Å². The second-order valence-electron chi connectivity index (χ2n) is 4.79. The molecule has 0 aliphatic rings. The molecule has 2 rings (SSSR count). The molecule has 122 valence electrons. The van der Waals surface area contributed by atoms with Crippen LogP contribution in [0.2, 0.25) is 0 Å². The van der Waals surface area contributed by atoms with Crippen LogP contribution < -0.4 is 0 Å². The molecular formula is C16H11F5O2. The molecular weight excluding hydrogens is 319 g/mol. The van der Waals surface area contributed by atoms with Crippen LogP contribution in [0.5, 0.6) is 0 Å². The maximum absolute atomic E-state index is 13.5. The lowest BCUT2D eigenvalue weighted by Crippen LogP contribution is -2.15. The van der Waals surface area contributed by atoms with E-state index in [1.54, 1.807) is 30.3 Å². The standard InChI is InChI=1S/C16H11F5O2/c1-8(9-5-3-2-4-6-9)16(22)23-7-10-11(17)13(19)15(21)14(20)12(10)18/h2-6,8H,7H2,1H3. The van der Waals surface area contributed by atoms with Crippen molar-refractivity contribution in [1.29, 1.82) is 0 Å². The van der Waals surface area contributed by atoms with E-state index >= 15 is 0 Å². The van der Waals surface area contributed by atoms with Gasteiger partial charge in [-0.3, -0.25) is 4.79 Å². The Balaban J connectivity index is 2.17. The molecule has 2 aromatic carbocycles. The van der Waals surface area contributed by atoms with Crippen molar-refractivity contribution in [3.05, 3.63) is 70.5 Å². The van der Waals surface area contributed by atoms with E-state index in [-0.39, 0.29) is 0 Å². The molecule has 0 heterocycles. The van der Waals surface area contributed by atoms with E-state index in [2.05, 4.69) is 4.74 Å². The minimum Gasteiger partial charge on any atom is -0.460 e. The fourth-order valence-electron chi connectivity index (χ4n) is 1.92. The normalized spacial score (nSPS) is 12.1. The second-order valence-corrected chi connectivity index (χ2v) is 4.79. The predicted molar refractivity (Wildman–Crippen MR) is 70.9 cm³/mol. The quantitative estimate of drug-likeness (QED) is 0.363. The molecule has 0 spiro atoms. The number of hydrogen-bond acceptors (Lipinski definition) is 2. The molecule has 0 saturated carbocycles. The van der Waals surface area contributed by atoms with E-state index in [0.717, 1.165) is 0 Å². The summed E-state index contributed by atoms with van der Waals surface area (Å²) in [4.78, 5) is 11.8. The Labute approximate surface area is 128 Å². The van der Waals surface area contributed by atoms with Gasteiger partial charge < -0.3 is 4.74 Å². The zero-order valence-corrected chi connectivity index (χ0v) is 11.9. The van der Waals surface area contributed by atoms with Crippen LogP contribution in [-0.2, 0) is 16.1 Å². The van der Waals surface area contributed by atoms with Gasteiger partial charge in [-0.05, 0) is 12.5 Å². The lowest BCUT2D eigenvalue weighted by Gasteiger charge is -2.13. The highest BCUT2D eigenvalue weighted by molar-refractivity contribution is 5.77. The van der Waals surface area contributed by atoms with Crippen LogP contribution in [0.3, 0.4) is 0 Å². The summed E-state index contributed by atoms with van der Waals surface area (Å²) in [6, 6.07) is 8.39. The van der Waals surface area contributed by atoms with E-state index < -0.39 is 53.1 Å². The van der Waals surface area contributed by atoms with Crippen molar-refractivity contribution in [2.24, 2.45) is 0 Å². The van der Waals surface area contributed by atoms with Gasteiger partial charge in [0.2, 0.25) is 5.82 Å². The first-order chi connectivity index (χ1) is 10.8. The lowest BCUT2D eigenvalue weighted by atomic mass is 10.0. The van der Waals surface area contributed by atoms with E-state index in [0.29, 0.717) is 5.56 Å². The molecule has 7 heteroatoms. The summed E-state index contributed by atoms with van der Waals surface area (Å²) in [5.74, 6) is -12.0. The zero-order chi connectivity index (χ0) is 17.1. The summed E-state index contributed by atoms with van der Waals surface area (Å²) in [7, 11) is 0. The Morgan fingerprint density at radius 2 is 1.39 bits per heavy atom. The number of ether oxygens (including phenoxy) is 1. The van der Waals surface area contributed by atoms with Gasteiger partial charge in [0.25, 0.3) is 0 Å². The summed E-state index contributed by atoms with van der Waals surface area (Å²) in [5, 5.41) is 0. The van der Waals surface area contributed by atoms with Gasteiger partial charge in [0, 0.05) is 0 Å². The second kappa shape index (κ2) is 6.76. The molecule has 0 N–H and O–H groups in total. The Morgan fingerprint density at radius 3 is 1.91 bits per heavy atom. The van der Waals surface area contributed by atoms with E-state index in [9.17, 15) is 26.7 Å². The molecule has 0 bridgehead atoms. The monoisotopic (exact) mass is 330 g/mol. The van der Waals surface area contributed by atoms with Gasteiger partial charge in [-0.25, -0.2) is 22.0 Å². The van der Waals surface area contributed by atoms with Gasteiger partial charge in [-0.2, -0.15) is 0 Å². The van der Waals surface area contributed by atoms with Gasteiger partial charge >= 0.3 is 5.97 Å². The van der Waals surface area contributed by atoms with Crippen LogP contribution in [0.15, 0.2) is 30.3 Å². The number of benzene rings is 2. The maximum Gasteiger partial charge on any atom is 0.313 e. The third-order valence-corrected chi connectivity index (χ3v) is 3.31. The van der Waals surface area contributed by atoms with Crippen molar-refractivity contribution >= 4 is 5.97 Å². The molecule has 0 amide bonds. The largest absolute Gasteiger partial charge is 0.460 e. The van der Waals surface area contributed by atoms with Crippen molar-refractivity contribution < 1.29 is 31.5 Å². The van der Waals surface area contributed by atoms with Gasteiger partial charge in [-0.15, -0.1) is 0 Å². The molecule has 1 unspecified atom stereocenters. The van der Waals surface area contributed by atoms with Crippen LogP contribution in [0, 0.1) is 29.1 Å². The Hall–Kier alpha value is -2.44. The van der Waals surface area contributed by atoms with Crippen molar-refractivity contribution in [2.75, 3.05) is 0 Å². The summed E-state index contributed by atoms with van der Waals surface area (Å²) < 4.78 is 70.6. The molecule has 23 heavy (non-hydrogen) atoms. The van der Waals surface area contributed by atoms with Crippen LogP contribution >= 0.6 is 0 Å². The number of rotatable bonds is 4. The van der Waals surface area contributed by atoms with Crippen LogP contribution in [0.1, 0.15) is 24.0 Å². The highest BCUT2D eigenvalue weighted by Gasteiger charge is 2.27. The number of esters is 1. The van der Waals surface area contributed by atoms with E-state index in [4.69, 9.17) is 0 Å². The number of hydrogen-bond donors (Lipinski definition) is 0. The van der Waals surface area contributed by atoms with Crippen molar-refractivity contribution in [2.45, 2.75) is 19.4 Å². The first kappa shape index (κ1) is 16.9. The van der Waals surface area contributed by atoms with Crippen LogP contribution in [-0.4, -0.2) is 5.97 Å². The molecule has 0 radical (unpaired) electrons. The van der Waals surface area contributed by atoms with Crippen molar-refractivity contribution in [3.8, 4) is 0 Å². The number of carbonyl (C=O) groups excluding carboxylic acids is 1. The molecule has 1 atom stereocenters. The Kier molecular flexibility index (Phi) is 4.98. The SMILES string of the molecule is CC(C(=O)OCc1c(F)c(F)c(F)c(F)c1F)c1ccccc1. The zero-order valence-electron chi connectivity index (χ0n) is 11.9. The lowest BCUT2D eigenvalue weighted by molar-refractivity contribution is -0.146. The van der Waals surface area contributed by atoms with Crippen molar-refractivity contribution in [1.82, 2.24) is 0 Å². The van der Waals surface area contributed by atoms with Crippen LogP contribution in [0.4, 0.5) is 22.0 Å². The van der Waals surface area contributed by atoms with Gasteiger partial charge in [-0.1, -0.05) is 30.3 Å². The smallest absolute Gasteiger partial charge is 0.313 e. The Morgan fingerprint density at radius 1 is 0.913 bits per heavy atom. The average Bonchev–Trinajstić information content (AvgIpc) is 2.58. The van der Waals surface area contributed by atoms with E-state index in [1.165, 1.54) is 6.92 Å². The first-order valence-corrected chi connectivity index (χ1v) is 6.56. The molecule has 0 aliphatic heterocycles. The summed E-state index contributed by atoms with van der Waals surface area (Å²) in [6.45, 7) is 0.442. The molecule has 0 aromatic heterocycles. The first-order valence-electron chi connectivity index (χ1n) is 6.56. The maximum atomic E-state index is 13.5. The fourth-order valence-corrected chi connectivity index (χ4v) is 1.92. The molecule has 0 saturated heterocycles. The molecule has 0 fully saturated rings. The van der Waals surface area contributed by atoms with Gasteiger partial charge in [0.15, 0.2) is 23.3 Å². The Bertz CT molecular complexity index is 702. The minimum atomic E-state index is -2.26. The molecule has 0 aliphatic carbocycles. The minimum absolute atomic E-state index is 0.593. The summed E-state index contributed by atoms with van der Waals surface area (Å²) >= 11 is 0. The van der Waals surface area contributed by atoms with E-state index in [1.807, 2.05) is 0 Å². The van der Waals surface area contributed by atoms with Gasteiger partial charge in [0.05, 0.1) is 11.5 Å². The average molecular weight is 330 g/mol. The highest BCUT2D eigenvalue weighted by atomic mass is 19.2. The third-order valence-electron chi connectivity index (χ3n) is 3.31. The predicted octanol–water partition coefficient (Wildman–Crippen LogP) is 4.23.